The van der Waals surface area contributed by atoms with Gasteiger partial charge < -0.3 is 10.1 Å². The van der Waals surface area contributed by atoms with Crippen LogP contribution in [0.1, 0.15) is 17.3 Å². The minimum atomic E-state index is -0.807. The van der Waals surface area contributed by atoms with Crippen LogP contribution in [-0.4, -0.2) is 23.9 Å². The van der Waals surface area contributed by atoms with Crippen LogP contribution in [0.4, 0.5) is 11.4 Å². The number of halogens is 1. The zero-order valence-corrected chi connectivity index (χ0v) is 10.3. The number of nitrogens with zero attached hydrogens (tertiary/aromatic N) is 1. The summed E-state index contributed by atoms with van der Waals surface area (Å²) in [5.41, 5.74) is -0.514. The third-order valence-electron chi connectivity index (χ3n) is 2.00. The normalized spacial score (nSPS) is 9.72. The van der Waals surface area contributed by atoms with Crippen molar-refractivity contribution in [3.63, 3.8) is 0 Å². The van der Waals surface area contributed by atoms with Crippen LogP contribution in [0.25, 0.3) is 0 Å². The first-order valence-corrected chi connectivity index (χ1v) is 5.08. The van der Waals surface area contributed by atoms with Gasteiger partial charge in [0.15, 0.2) is 0 Å². The largest absolute Gasteiger partial charge is 0.465 e. The maximum absolute atomic E-state index is 11.5. The lowest BCUT2D eigenvalue weighted by atomic mass is 10.1. The smallest absolute Gasteiger partial charge is 0.340 e. The van der Waals surface area contributed by atoms with Gasteiger partial charge in [-0.1, -0.05) is 11.6 Å². The van der Waals surface area contributed by atoms with Crippen molar-refractivity contribution in [1.82, 2.24) is 0 Å². The van der Waals surface area contributed by atoms with Crippen LogP contribution in [0.3, 0.4) is 0 Å². The average molecular weight is 273 g/mol. The van der Waals surface area contributed by atoms with Crippen LogP contribution in [0.15, 0.2) is 12.1 Å². The van der Waals surface area contributed by atoms with Crippen LogP contribution < -0.4 is 5.32 Å². The molecule has 0 unspecified atom stereocenters. The van der Waals surface area contributed by atoms with Crippen molar-refractivity contribution >= 4 is 34.9 Å². The Hall–Kier alpha value is -2.15. The van der Waals surface area contributed by atoms with Crippen LogP contribution in [0, 0.1) is 10.1 Å². The molecule has 1 amide bonds. The van der Waals surface area contributed by atoms with E-state index in [9.17, 15) is 19.7 Å². The van der Waals surface area contributed by atoms with E-state index in [1.165, 1.54) is 6.92 Å². The molecule has 7 nitrogen and oxygen atoms in total. The number of benzene rings is 1. The molecule has 1 aromatic carbocycles. The van der Waals surface area contributed by atoms with E-state index in [0.29, 0.717) is 0 Å². The number of nitro groups is 1. The maximum atomic E-state index is 11.5. The number of anilines is 1. The van der Waals surface area contributed by atoms with Gasteiger partial charge in [0.1, 0.15) is 5.02 Å². The van der Waals surface area contributed by atoms with Gasteiger partial charge in [-0.05, 0) is 6.07 Å². The molecule has 0 saturated heterocycles. The van der Waals surface area contributed by atoms with Crippen molar-refractivity contribution in [3.8, 4) is 0 Å². The van der Waals surface area contributed by atoms with E-state index in [1.807, 2.05) is 0 Å². The van der Waals surface area contributed by atoms with Gasteiger partial charge in [-0.25, -0.2) is 4.79 Å². The second kappa shape index (κ2) is 5.46. The molecule has 0 saturated carbocycles. The molecule has 1 aromatic rings. The highest BCUT2D eigenvalue weighted by atomic mass is 35.5. The van der Waals surface area contributed by atoms with E-state index >= 15 is 0 Å². The summed E-state index contributed by atoms with van der Waals surface area (Å²) < 4.78 is 4.48. The van der Waals surface area contributed by atoms with Gasteiger partial charge in [-0.15, -0.1) is 0 Å². The fourth-order valence-electron chi connectivity index (χ4n) is 1.27. The molecule has 0 aliphatic carbocycles. The van der Waals surface area contributed by atoms with Crippen molar-refractivity contribution in [2.45, 2.75) is 6.92 Å². The fraction of sp³-hybridized carbons (Fsp3) is 0.200. The summed E-state index contributed by atoms with van der Waals surface area (Å²) in [4.78, 5) is 32.4. The molecule has 8 heteroatoms. The molecule has 0 aliphatic heterocycles. The summed E-state index contributed by atoms with van der Waals surface area (Å²) in [5.74, 6) is -1.25. The number of carbonyl (C=O) groups is 2. The number of hydrogen-bond donors (Lipinski definition) is 1. The van der Waals surface area contributed by atoms with E-state index in [-0.39, 0.29) is 16.3 Å². The van der Waals surface area contributed by atoms with Crippen molar-refractivity contribution < 1.29 is 19.2 Å². The lowest BCUT2D eigenvalue weighted by Gasteiger charge is -2.09. The fourth-order valence-corrected chi connectivity index (χ4v) is 1.51. The van der Waals surface area contributed by atoms with Crippen LogP contribution in [-0.2, 0) is 9.53 Å². The highest BCUT2D eigenvalue weighted by Crippen LogP contribution is 2.31. The number of hydrogen-bond acceptors (Lipinski definition) is 5. The second-order valence-corrected chi connectivity index (χ2v) is 3.69. The number of methoxy groups -OCH3 is 1. The molecule has 0 fully saturated rings. The Balaban J connectivity index is 3.41. The number of ether oxygens (including phenoxy) is 1. The summed E-state index contributed by atoms with van der Waals surface area (Å²) in [6.07, 6.45) is 0. The molecule has 18 heavy (non-hydrogen) atoms. The predicted molar refractivity (Wildman–Crippen MR) is 63.7 cm³/mol. The number of rotatable bonds is 3. The SMILES string of the molecule is COC(=O)c1cc([N+](=O)[O-])c(Cl)cc1NC(C)=O. The molecular formula is C10H9ClN2O5. The molecule has 0 aliphatic rings. The van der Waals surface area contributed by atoms with E-state index < -0.39 is 22.5 Å². The van der Waals surface area contributed by atoms with Gasteiger partial charge in [-0.2, -0.15) is 0 Å². The number of nitrogens with one attached hydrogen (secondary N) is 1. The highest BCUT2D eigenvalue weighted by molar-refractivity contribution is 6.33. The number of carbonyl (C=O) groups excluding carboxylic acids is 2. The van der Waals surface area contributed by atoms with Gasteiger partial charge in [0, 0.05) is 13.0 Å². The summed E-state index contributed by atoms with van der Waals surface area (Å²) in [6, 6.07) is 2.09. The van der Waals surface area contributed by atoms with Crippen molar-refractivity contribution in [3.05, 3.63) is 32.8 Å². The first kappa shape index (κ1) is 13.9. The minimum absolute atomic E-state index is 0.0601. The Kier molecular flexibility index (Phi) is 4.22. The molecule has 96 valence electrons. The maximum Gasteiger partial charge on any atom is 0.340 e. The molecule has 0 spiro atoms. The molecule has 1 rings (SSSR count). The van der Waals surface area contributed by atoms with Crippen molar-refractivity contribution in [2.75, 3.05) is 12.4 Å². The van der Waals surface area contributed by atoms with E-state index in [4.69, 9.17) is 11.6 Å². The van der Waals surface area contributed by atoms with Gasteiger partial charge in [0.05, 0.1) is 23.3 Å². The van der Waals surface area contributed by atoms with Crippen LogP contribution in [0.5, 0.6) is 0 Å². The summed E-state index contributed by atoms with van der Waals surface area (Å²) in [5, 5.41) is 12.9. The lowest BCUT2D eigenvalue weighted by molar-refractivity contribution is -0.384. The summed E-state index contributed by atoms with van der Waals surface area (Å²) in [6.45, 7) is 1.23. The number of nitro benzene ring substituents is 1. The van der Waals surface area contributed by atoms with Crippen molar-refractivity contribution in [2.24, 2.45) is 0 Å². The third-order valence-corrected chi connectivity index (χ3v) is 2.30. The van der Waals surface area contributed by atoms with Crippen molar-refractivity contribution in [1.29, 1.82) is 0 Å². The Labute approximate surface area is 107 Å². The number of esters is 1. The van der Waals surface area contributed by atoms with Gasteiger partial charge in [0.2, 0.25) is 5.91 Å². The molecule has 1 N–H and O–H groups in total. The minimum Gasteiger partial charge on any atom is -0.465 e. The summed E-state index contributed by atoms with van der Waals surface area (Å²) in [7, 11) is 1.13. The van der Waals surface area contributed by atoms with E-state index in [2.05, 4.69) is 10.1 Å². The van der Waals surface area contributed by atoms with Gasteiger partial charge in [-0.3, -0.25) is 14.9 Å². The monoisotopic (exact) mass is 272 g/mol. The Morgan fingerprint density at radius 3 is 2.50 bits per heavy atom. The van der Waals surface area contributed by atoms with Gasteiger partial charge >= 0.3 is 5.97 Å². The summed E-state index contributed by atoms with van der Waals surface area (Å²) >= 11 is 5.68. The lowest BCUT2D eigenvalue weighted by Crippen LogP contribution is -2.12. The molecule has 0 atom stereocenters. The predicted octanol–water partition coefficient (Wildman–Crippen LogP) is 1.99. The van der Waals surface area contributed by atoms with E-state index in [1.54, 1.807) is 0 Å². The molecule has 0 aromatic heterocycles. The molecule has 0 heterocycles. The molecule has 0 bridgehead atoms. The topological polar surface area (TPSA) is 98.5 Å². The molecule has 0 radical (unpaired) electrons. The molecular weight excluding hydrogens is 264 g/mol. The van der Waals surface area contributed by atoms with Crippen LogP contribution in [0.2, 0.25) is 5.02 Å². The highest BCUT2D eigenvalue weighted by Gasteiger charge is 2.21. The first-order chi connectivity index (χ1) is 8.36. The zero-order chi connectivity index (χ0) is 13.9. The zero-order valence-electron chi connectivity index (χ0n) is 9.52. The van der Waals surface area contributed by atoms with Gasteiger partial charge in [0.25, 0.3) is 5.69 Å². The van der Waals surface area contributed by atoms with E-state index in [0.717, 1.165) is 19.2 Å². The third kappa shape index (κ3) is 2.95. The average Bonchev–Trinajstić information content (AvgIpc) is 2.27. The van der Waals surface area contributed by atoms with Crippen LogP contribution >= 0.6 is 11.6 Å². The Morgan fingerprint density at radius 1 is 1.44 bits per heavy atom. The first-order valence-electron chi connectivity index (χ1n) is 4.70. The quantitative estimate of drug-likeness (QED) is 0.515. The Morgan fingerprint density at radius 2 is 2.06 bits per heavy atom. The Bertz CT molecular complexity index is 529. The standard InChI is InChI=1S/C10H9ClN2O5/c1-5(14)12-8-4-7(11)9(13(16)17)3-6(8)10(15)18-2/h3-4H,1-2H3,(H,12,14). The second-order valence-electron chi connectivity index (χ2n) is 3.28. The number of amides is 1.